The first-order valence-electron chi connectivity index (χ1n) is 5.33. The summed E-state index contributed by atoms with van der Waals surface area (Å²) in [6, 6.07) is 0.137. The molecule has 92 valence electrons. The van der Waals surface area contributed by atoms with E-state index in [0.717, 1.165) is 0 Å². The van der Waals surface area contributed by atoms with Crippen molar-refractivity contribution in [1.82, 2.24) is 14.7 Å². The standard InChI is InChI=1S/C10H14N4O2S/c1-6(7(2)11-3)8-9(14(15)16)13-4-5-17-10(13)12-8/h4-7,11H,1-3H3. The molecular formula is C10H14N4O2S. The normalized spacial score (nSPS) is 15.0. The van der Waals surface area contributed by atoms with Crippen molar-refractivity contribution in [2.75, 3.05) is 7.05 Å². The first-order chi connectivity index (χ1) is 8.06. The number of hydrogen-bond donors (Lipinski definition) is 1. The van der Waals surface area contributed by atoms with E-state index in [1.165, 1.54) is 11.3 Å². The number of nitrogens with one attached hydrogen (secondary N) is 1. The second-order valence-electron chi connectivity index (χ2n) is 4.00. The van der Waals surface area contributed by atoms with Crippen LogP contribution in [0.2, 0.25) is 0 Å². The number of likely N-dealkylation sites (N-methyl/N-ethyl adjacent to an activating group) is 1. The number of hydrogen-bond acceptors (Lipinski definition) is 5. The van der Waals surface area contributed by atoms with Crippen molar-refractivity contribution >= 4 is 22.1 Å². The van der Waals surface area contributed by atoms with Crippen LogP contribution in [0.4, 0.5) is 5.82 Å². The van der Waals surface area contributed by atoms with E-state index in [2.05, 4.69) is 10.3 Å². The van der Waals surface area contributed by atoms with Gasteiger partial charge in [0.15, 0.2) is 0 Å². The Hall–Kier alpha value is -1.47. The number of fused-ring (bicyclic) bond motifs is 1. The van der Waals surface area contributed by atoms with Gasteiger partial charge in [-0.2, -0.15) is 9.38 Å². The average molecular weight is 254 g/mol. The lowest BCUT2D eigenvalue weighted by Gasteiger charge is -2.16. The summed E-state index contributed by atoms with van der Waals surface area (Å²) in [6.45, 7) is 3.93. The molecule has 2 unspecified atom stereocenters. The highest BCUT2D eigenvalue weighted by molar-refractivity contribution is 7.15. The Kier molecular flexibility index (Phi) is 3.12. The molecule has 7 heteroatoms. The van der Waals surface area contributed by atoms with Crippen LogP contribution in [0.3, 0.4) is 0 Å². The van der Waals surface area contributed by atoms with Gasteiger partial charge in [0, 0.05) is 17.3 Å². The molecule has 2 aromatic heterocycles. The molecule has 0 radical (unpaired) electrons. The summed E-state index contributed by atoms with van der Waals surface area (Å²) in [7, 11) is 1.84. The minimum atomic E-state index is -0.360. The Morgan fingerprint density at radius 1 is 1.59 bits per heavy atom. The third-order valence-electron chi connectivity index (χ3n) is 3.07. The highest BCUT2D eigenvalue weighted by atomic mass is 32.1. The molecule has 0 saturated heterocycles. The number of nitrogens with zero attached hydrogens (tertiary/aromatic N) is 3. The molecule has 17 heavy (non-hydrogen) atoms. The van der Waals surface area contributed by atoms with Crippen LogP contribution in [0.15, 0.2) is 11.6 Å². The minimum absolute atomic E-state index is 0.00694. The fourth-order valence-corrected chi connectivity index (χ4v) is 2.48. The lowest BCUT2D eigenvalue weighted by Crippen LogP contribution is -2.27. The molecule has 0 spiro atoms. The van der Waals surface area contributed by atoms with E-state index in [0.29, 0.717) is 10.7 Å². The van der Waals surface area contributed by atoms with Crippen molar-refractivity contribution in [3.8, 4) is 0 Å². The lowest BCUT2D eigenvalue weighted by atomic mass is 10.00. The highest BCUT2D eigenvalue weighted by Gasteiger charge is 2.29. The van der Waals surface area contributed by atoms with Crippen molar-refractivity contribution in [3.63, 3.8) is 0 Å². The van der Waals surface area contributed by atoms with E-state index in [1.54, 1.807) is 16.0 Å². The van der Waals surface area contributed by atoms with E-state index < -0.39 is 0 Å². The first-order valence-corrected chi connectivity index (χ1v) is 6.21. The zero-order valence-corrected chi connectivity index (χ0v) is 10.7. The summed E-state index contributed by atoms with van der Waals surface area (Å²) in [5, 5.41) is 16.0. The topological polar surface area (TPSA) is 72.5 Å². The summed E-state index contributed by atoms with van der Waals surface area (Å²) >= 11 is 1.40. The van der Waals surface area contributed by atoms with Gasteiger partial charge in [-0.3, -0.25) is 0 Å². The zero-order chi connectivity index (χ0) is 12.6. The number of rotatable bonds is 4. The molecule has 0 aliphatic heterocycles. The fraction of sp³-hybridized carbons (Fsp3) is 0.500. The molecule has 0 aromatic carbocycles. The molecule has 0 bridgehead atoms. The van der Waals surface area contributed by atoms with Gasteiger partial charge < -0.3 is 15.4 Å². The van der Waals surface area contributed by atoms with Gasteiger partial charge in [0.1, 0.15) is 11.9 Å². The molecule has 2 rings (SSSR count). The molecular weight excluding hydrogens is 240 g/mol. The van der Waals surface area contributed by atoms with E-state index >= 15 is 0 Å². The maximum atomic E-state index is 11.1. The summed E-state index contributed by atoms with van der Waals surface area (Å²) in [6.07, 6.45) is 1.69. The van der Waals surface area contributed by atoms with Gasteiger partial charge in [0.05, 0.1) is 0 Å². The lowest BCUT2D eigenvalue weighted by molar-refractivity contribution is -0.391. The Morgan fingerprint density at radius 2 is 2.29 bits per heavy atom. The summed E-state index contributed by atoms with van der Waals surface area (Å²) < 4.78 is 1.54. The second kappa shape index (κ2) is 4.42. The molecule has 6 nitrogen and oxygen atoms in total. The van der Waals surface area contributed by atoms with E-state index in [1.807, 2.05) is 20.9 Å². The third-order valence-corrected chi connectivity index (χ3v) is 3.83. The van der Waals surface area contributed by atoms with Crippen molar-refractivity contribution in [2.45, 2.75) is 25.8 Å². The molecule has 0 saturated carbocycles. The van der Waals surface area contributed by atoms with Crippen LogP contribution < -0.4 is 5.32 Å². The first kappa shape index (κ1) is 12.0. The maximum Gasteiger partial charge on any atom is 0.352 e. The predicted octanol–water partition coefficient (Wildman–Crippen LogP) is 2.02. The molecule has 0 aliphatic rings. The van der Waals surface area contributed by atoms with Gasteiger partial charge in [0.2, 0.25) is 0 Å². The monoisotopic (exact) mass is 254 g/mol. The van der Waals surface area contributed by atoms with E-state index in [-0.39, 0.29) is 22.7 Å². The SMILES string of the molecule is CNC(C)C(C)c1nc2sccn2c1[N+](=O)[O-]. The number of nitro groups is 1. The molecule has 2 aromatic rings. The Morgan fingerprint density at radius 3 is 2.88 bits per heavy atom. The van der Waals surface area contributed by atoms with Gasteiger partial charge >= 0.3 is 5.82 Å². The Labute approximate surface area is 102 Å². The average Bonchev–Trinajstić information content (AvgIpc) is 2.85. The summed E-state index contributed by atoms with van der Waals surface area (Å²) in [4.78, 5) is 15.8. The number of thiazole rings is 1. The van der Waals surface area contributed by atoms with Crippen LogP contribution in [0.1, 0.15) is 25.5 Å². The van der Waals surface area contributed by atoms with Crippen molar-refractivity contribution in [3.05, 3.63) is 27.4 Å². The second-order valence-corrected chi connectivity index (χ2v) is 4.87. The van der Waals surface area contributed by atoms with Gasteiger partial charge in [0.25, 0.3) is 4.96 Å². The maximum absolute atomic E-state index is 11.1. The van der Waals surface area contributed by atoms with Crippen LogP contribution in [0.5, 0.6) is 0 Å². The quantitative estimate of drug-likeness (QED) is 0.669. The van der Waals surface area contributed by atoms with Crippen LogP contribution in [-0.4, -0.2) is 27.4 Å². The molecule has 0 fully saturated rings. The molecule has 1 N–H and O–H groups in total. The van der Waals surface area contributed by atoms with Gasteiger partial charge in [-0.25, -0.2) is 0 Å². The molecule has 0 aliphatic carbocycles. The number of imidazole rings is 1. The largest absolute Gasteiger partial charge is 0.358 e. The Balaban J connectivity index is 2.56. The summed E-state index contributed by atoms with van der Waals surface area (Å²) in [5.41, 5.74) is 0.545. The van der Waals surface area contributed by atoms with E-state index in [9.17, 15) is 10.1 Å². The van der Waals surface area contributed by atoms with Crippen molar-refractivity contribution in [1.29, 1.82) is 0 Å². The minimum Gasteiger partial charge on any atom is -0.358 e. The van der Waals surface area contributed by atoms with Crippen LogP contribution in [0.25, 0.3) is 4.96 Å². The fourth-order valence-electron chi connectivity index (χ4n) is 1.76. The van der Waals surface area contributed by atoms with Crippen LogP contribution in [0, 0.1) is 10.1 Å². The van der Waals surface area contributed by atoms with Gasteiger partial charge in [-0.05, 0) is 18.9 Å². The van der Waals surface area contributed by atoms with Crippen LogP contribution >= 0.6 is 11.3 Å². The van der Waals surface area contributed by atoms with Crippen molar-refractivity contribution < 1.29 is 4.92 Å². The van der Waals surface area contributed by atoms with Crippen LogP contribution in [-0.2, 0) is 0 Å². The van der Waals surface area contributed by atoms with Gasteiger partial charge in [-0.15, -0.1) is 0 Å². The smallest absolute Gasteiger partial charge is 0.352 e. The highest BCUT2D eigenvalue weighted by Crippen LogP contribution is 2.30. The van der Waals surface area contributed by atoms with Gasteiger partial charge in [-0.1, -0.05) is 18.3 Å². The molecule has 0 amide bonds. The molecule has 2 atom stereocenters. The predicted molar refractivity (Wildman–Crippen MR) is 66.7 cm³/mol. The van der Waals surface area contributed by atoms with Crippen molar-refractivity contribution in [2.24, 2.45) is 0 Å². The van der Waals surface area contributed by atoms with E-state index in [4.69, 9.17) is 0 Å². The third kappa shape index (κ3) is 1.91. The Bertz CT molecular complexity index is 547. The number of aromatic nitrogens is 2. The molecule has 2 heterocycles. The summed E-state index contributed by atoms with van der Waals surface area (Å²) in [5.74, 6) is 0.0725. The zero-order valence-electron chi connectivity index (χ0n) is 9.88.